The van der Waals surface area contributed by atoms with Crippen molar-refractivity contribution in [3.63, 3.8) is 0 Å². The number of rotatable bonds is 16. The van der Waals surface area contributed by atoms with Crippen LogP contribution in [0.4, 0.5) is 5.69 Å². The van der Waals surface area contributed by atoms with Crippen LogP contribution in [0.2, 0.25) is 0 Å². The van der Waals surface area contributed by atoms with Crippen LogP contribution < -0.4 is 10.5 Å². The van der Waals surface area contributed by atoms with Gasteiger partial charge in [0.1, 0.15) is 33.6 Å². The third-order valence-electron chi connectivity index (χ3n) is 6.78. The fourth-order valence-corrected chi connectivity index (χ4v) is 4.99. The van der Waals surface area contributed by atoms with Gasteiger partial charge in [0.25, 0.3) is 0 Å². The van der Waals surface area contributed by atoms with Crippen molar-refractivity contribution in [1.29, 1.82) is 0 Å². The largest absolute Gasteiger partial charge is 0.477 e. The summed E-state index contributed by atoms with van der Waals surface area (Å²) < 4.78 is 27.5. The molecule has 2 aromatic rings. The Bertz CT molecular complexity index is 1540. The topological polar surface area (TPSA) is 182 Å². The number of nitrogens with zero attached hydrogens (tertiary/aromatic N) is 3. The van der Waals surface area contributed by atoms with E-state index in [0.717, 1.165) is 0 Å². The molecule has 0 saturated carbocycles. The predicted molar refractivity (Wildman–Crippen MR) is 198 cm³/mol. The lowest BCUT2D eigenvalue weighted by atomic mass is 10.1. The molecule has 1 aromatic carbocycles. The number of ether oxygens (including phenoxy) is 4. The highest BCUT2D eigenvalue weighted by Crippen LogP contribution is 2.23. The Morgan fingerprint density at radius 1 is 0.585 bits per heavy atom. The minimum Gasteiger partial charge on any atom is -0.477 e. The van der Waals surface area contributed by atoms with Crippen LogP contribution >= 0.6 is 0 Å². The first kappa shape index (κ1) is 44.7. The molecular weight excluding hydrogens is 690 g/mol. The van der Waals surface area contributed by atoms with E-state index in [1.165, 1.54) is 6.07 Å². The molecule has 0 aliphatic heterocycles. The smallest absolute Gasteiger partial charge is 0.351 e. The summed E-state index contributed by atoms with van der Waals surface area (Å²) in [6.45, 7) is 20.7. The summed E-state index contributed by atoms with van der Waals surface area (Å²) in [4.78, 5) is 80.7. The molecule has 1 N–H and O–H groups in total. The monoisotopic (exact) mass is 747 g/mol. The summed E-state index contributed by atoms with van der Waals surface area (Å²) in [7, 11) is 0. The third-order valence-corrected chi connectivity index (χ3v) is 6.78. The summed E-state index contributed by atoms with van der Waals surface area (Å²) in [6.07, 6.45) is 0. The highest BCUT2D eigenvalue weighted by molar-refractivity contribution is 5.92. The highest BCUT2D eigenvalue weighted by Gasteiger charge is 2.27. The minimum atomic E-state index is -1.42. The van der Waals surface area contributed by atoms with Crippen molar-refractivity contribution in [3.8, 4) is 0 Å². The van der Waals surface area contributed by atoms with Crippen LogP contribution in [0.5, 0.6) is 0 Å². The quantitative estimate of drug-likeness (QED) is 0.146. The summed E-state index contributed by atoms with van der Waals surface area (Å²) in [5.41, 5.74) is -3.92. The van der Waals surface area contributed by atoms with Gasteiger partial charge in [0, 0.05) is 43.3 Å². The van der Waals surface area contributed by atoms with Crippen LogP contribution in [0.1, 0.15) is 93.4 Å². The average molecular weight is 748 g/mol. The van der Waals surface area contributed by atoms with E-state index < -0.39 is 63.4 Å². The lowest BCUT2D eigenvalue weighted by Crippen LogP contribution is -2.46. The molecule has 15 heteroatoms. The van der Waals surface area contributed by atoms with E-state index >= 15 is 0 Å². The van der Waals surface area contributed by atoms with Crippen LogP contribution in [-0.4, -0.2) is 120 Å². The second-order valence-corrected chi connectivity index (χ2v) is 16.7. The van der Waals surface area contributed by atoms with Crippen molar-refractivity contribution >= 4 is 46.5 Å². The van der Waals surface area contributed by atoms with Crippen molar-refractivity contribution < 1.29 is 52.4 Å². The summed E-state index contributed by atoms with van der Waals surface area (Å²) in [6, 6.07) is 6.10. The lowest BCUT2D eigenvalue weighted by molar-refractivity contribution is -0.162. The number of aromatic carboxylic acids is 1. The first-order chi connectivity index (χ1) is 24.1. The second-order valence-electron chi connectivity index (χ2n) is 16.7. The lowest BCUT2D eigenvalue weighted by Gasteiger charge is -2.32. The maximum absolute atomic E-state index is 12.9. The maximum atomic E-state index is 12.9. The van der Waals surface area contributed by atoms with E-state index in [1.54, 1.807) is 111 Å². The van der Waals surface area contributed by atoms with Crippen LogP contribution in [0.15, 0.2) is 33.5 Å². The van der Waals surface area contributed by atoms with Gasteiger partial charge in [0.05, 0.1) is 26.2 Å². The van der Waals surface area contributed by atoms with Crippen molar-refractivity contribution in [1.82, 2.24) is 9.80 Å². The van der Waals surface area contributed by atoms with Gasteiger partial charge >= 0.3 is 35.5 Å². The fraction of sp³-hybridized carbons (Fsp3) is 0.632. The molecule has 0 aliphatic carbocycles. The van der Waals surface area contributed by atoms with E-state index in [9.17, 15) is 33.9 Å². The second kappa shape index (κ2) is 18.0. The molecule has 0 bridgehead atoms. The number of hydrogen-bond acceptors (Lipinski definition) is 14. The third kappa shape index (κ3) is 17.7. The molecule has 296 valence electrons. The molecular formula is C38H57N3O12. The molecule has 0 spiro atoms. The molecule has 15 nitrogen and oxygen atoms in total. The van der Waals surface area contributed by atoms with E-state index in [4.69, 9.17) is 23.4 Å². The Morgan fingerprint density at radius 2 is 0.943 bits per heavy atom. The molecule has 0 amide bonds. The maximum Gasteiger partial charge on any atom is 0.351 e. The number of fused-ring (bicyclic) bond motifs is 1. The Labute approximate surface area is 311 Å². The van der Waals surface area contributed by atoms with Gasteiger partial charge in [0.2, 0.25) is 0 Å². The Hall–Kier alpha value is -4.50. The van der Waals surface area contributed by atoms with Gasteiger partial charge in [-0.1, -0.05) is 0 Å². The first-order valence-electron chi connectivity index (χ1n) is 17.5. The van der Waals surface area contributed by atoms with Crippen LogP contribution in [0.25, 0.3) is 11.0 Å². The minimum absolute atomic E-state index is 0.126. The zero-order valence-electron chi connectivity index (χ0n) is 33.2. The van der Waals surface area contributed by atoms with Crippen molar-refractivity contribution in [3.05, 3.63) is 40.2 Å². The summed E-state index contributed by atoms with van der Waals surface area (Å²) >= 11 is 0. The number of carboxylic acid groups (broad SMARTS) is 1. The normalized spacial score (nSPS) is 12.5. The Balaban J connectivity index is 2.52. The van der Waals surface area contributed by atoms with Gasteiger partial charge < -0.3 is 33.4 Å². The van der Waals surface area contributed by atoms with Crippen molar-refractivity contribution in [2.45, 2.75) is 105 Å². The Kier molecular flexibility index (Phi) is 15.2. The number of anilines is 1. The standard InChI is InChI=1S/C38H57N3O12/c1-35(2,3)50-29(42)21-39(22-30(43)51-36(4,5)6)15-17-41(26-14-13-25-19-27(33(46)47)34(48)49-28(25)20-26)18-16-40(23-31(44)52-37(7,8)9)24-32(45)53-38(10,11)12/h13-14,19-20H,15-18,21-24H2,1-12H3,(H,46,47). The molecule has 0 aliphatic rings. The number of hydrogen-bond donors (Lipinski definition) is 1. The molecule has 1 heterocycles. The van der Waals surface area contributed by atoms with E-state index in [-0.39, 0.29) is 57.9 Å². The number of carbonyl (C=O) groups is 5. The molecule has 53 heavy (non-hydrogen) atoms. The van der Waals surface area contributed by atoms with Crippen LogP contribution in [0, 0.1) is 0 Å². The van der Waals surface area contributed by atoms with Gasteiger partial charge in [0.15, 0.2) is 0 Å². The fourth-order valence-electron chi connectivity index (χ4n) is 4.99. The molecule has 1 aromatic heterocycles. The SMILES string of the molecule is CC(C)(C)OC(=O)CN(CCN(CCN(CC(=O)OC(C)(C)C)CC(=O)OC(C)(C)C)c1ccc2cc(C(=O)O)c(=O)oc2c1)CC(=O)OC(C)(C)C. The van der Waals surface area contributed by atoms with E-state index in [1.807, 2.05) is 4.90 Å². The van der Waals surface area contributed by atoms with Gasteiger partial charge in [-0.15, -0.1) is 0 Å². The number of carboxylic acids is 1. The van der Waals surface area contributed by atoms with Gasteiger partial charge in [-0.2, -0.15) is 0 Å². The molecule has 2 rings (SSSR count). The van der Waals surface area contributed by atoms with E-state index in [2.05, 4.69) is 0 Å². The highest BCUT2D eigenvalue weighted by atomic mass is 16.6. The Morgan fingerprint density at radius 3 is 1.26 bits per heavy atom. The van der Waals surface area contributed by atoms with Crippen LogP contribution in [-0.2, 0) is 38.1 Å². The summed E-state index contributed by atoms with van der Waals surface area (Å²) in [5.74, 6) is -3.60. The summed E-state index contributed by atoms with van der Waals surface area (Å²) in [5, 5.41) is 9.78. The predicted octanol–water partition coefficient (Wildman–Crippen LogP) is 4.27. The number of esters is 4. The first-order valence-corrected chi connectivity index (χ1v) is 17.5. The molecule has 0 atom stereocenters. The molecule has 0 unspecified atom stereocenters. The van der Waals surface area contributed by atoms with Crippen molar-refractivity contribution in [2.75, 3.05) is 57.3 Å². The zero-order chi connectivity index (χ0) is 40.5. The average Bonchev–Trinajstić information content (AvgIpc) is 2.92. The van der Waals surface area contributed by atoms with E-state index in [0.29, 0.717) is 11.1 Å². The van der Waals surface area contributed by atoms with Gasteiger partial charge in [-0.3, -0.25) is 29.0 Å². The molecule has 0 radical (unpaired) electrons. The van der Waals surface area contributed by atoms with Gasteiger partial charge in [-0.25, -0.2) is 9.59 Å². The number of carbonyl (C=O) groups excluding carboxylic acids is 4. The zero-order valence-corrected chi connectivity index (χ0v) is 33.2. The molecule has 0 fully saturated rings. The number of benzene rings is 1. The van der Waals surface area contributed by atoms with Crippen LogP contribution in [0.3, 0.4) is 0 Å². The molecule has 0 saturated heterocycles. The van der Waals surface area contributed by atoms with Gasteiger partial charge in [-0.05, 0) is 101 Å². The van der Waals surface area contributed by atoms with Crippen molar-refractivity contribution in [2.24, 2.45) is 0 Å².